The van der Waals surface area contributed by atoms with Gasteiger partial charge in [0.05, 0.1) is 0 Å². The Hall–Kier alpha value is -0.510. The first-order chi connectivity index (χ1) is 9.17. The number of nitrogens with zero attached hydrogens (tertiary/aromatic N) is 1. The van der Waals surface area contributed by atoms with Crippen LogP contribution in [-0.2, 0) is 6.42 Å². The average molecular weight is 280 g/mol. The number of likely N-dealkylation sites (N-methyl/N-ethyl adjacent to an activating group) is 1. The summed E-state index contributed by atoms with van der Waals surface area (Å²) in [5.41, 5.74) is 8.74. The van der Waals surface area contributed by atoms with E-state index in [1.165, 1.54) is 17.5 Å². The molecule has 0 heterocycles. The zero-order valence-corrected chi connectivity index (χ0v) is 13.5. The van der Waals surface area contributed by atoms with E-state index in [0.717, 1.165) is 12.2 Å². The first-order valence-electron chi connectivity index (χ1n) is 7.17. The van der Waals surface area contributed by atoms with Gasteiger partial charge in [-0.15, -0.1) is 0 Å². The Kier molecular flexibility index (Phi) is 7.51. The largest absolute Gasteiger partial charge is 0.329 e. The molecule has 0 aromatic heterocycles. The van der Waals surface area contributed by atoms with Crippen LogP contribution in [0.4, 0.5) is 0 Å². The molecule has 2 nitrogen and oxygen atoms in total. The van der Waals surface area contributed by atoms with Gasteiger partial charge in [0.25, 0.3) is 0 Å². The van der Waals surface area contributed by atoms with Gasteiger partial charge in [0.1, 0.15) is 0 Å². The normalized spacial score (nSPS) is 14.6. The molecule has 0 fully saturated rings. The molecule has 1 aromatic rings. The maximum absolute atomic E-state index is 6.02. The van der Waals surface area contributed by atoms with Gasteiger partial charge in [-0.05, 0) is 37.3 Å². The van der Waals surface area contributed by atoms with Crippen LogP contribution in [0, 0.1) is 0 Å². The van der Waals surface area contributed by atoms with Crippen LogP contribution in [0.1, 0.15) is 37.4 Å². The highest BCUT2D eigenvalue weighted by molar-refractivity contribution is 7.98. The van der Waals surface area contributed by atoms with E-state index < -0.39 is 0 Å². The molecule has 3 heteroatoms. The second-order valence-electron chi connectivity index (χ2n) is 5.03. The molecule has 2 unspecified atom stereocenters. The maximum atomic E-state index is 6.02. The first kappa shape index (κ1) is 16.5. The summed E-state index contributed by atoms with van der Waals surface area (Å²) in [6, 6.07) is 9.83. The average Bonchev–Trinajstić information content (AvgIpc) is 2.46. The summed E-state index contributed by atoms with van der Waals surface area (Å²) in [5.74, 6) is 1.16. The van der Waals surface area contributed by atoms with Crippen molar-refractivity contribution in [2.45, 2.75) is 38.8 Å². The predicted octanol–water partition coefficient (Wildman–Crippen LogP) is 3.32. The summed E-state index contributed by atoms with van der Waals surface area (Å²) >= 11 is 1.91. The maximum Gasteiger partial charge on any atom is 0.0470 e. The van der Waals surface area contributed by atoms with E-state index in [9.17, 15) is 0 Å². The monoisotopic (exact) mass is 280 g/mol. The van der Waals surface area contributed by atoms with Crippen molar-refractivity contribution in [1.29, 1.82) is 0 Å². The first-order valence-corrected chi connectivity index (χ1v) is 8.57. The molecule has 0 saturated heterocycles. The third-order valence-electron chi connectivity index (χ3n) is 3.89. The van der Waals surface area contributed by atoms with Gasteiger partial charge in [-0.2, -0.15) is 11.8 Å². The van der Waals surface area contributed by atoms with E-state index in [1.807, 2.05) is 11.8 Å². The second kappa shape index (κ2) is 8.62. The molecule has 2 atom stereocenters. The number of hydrogen-bond donors (Lipinski definition) is 1. The molecule has 19 heavy (non-hydrogen) atoms. The lowest BCUT2D eigenvalue weighted by Gasteiger charge is -2.34. The summed E-state index contributed by atoms with van der Waals surface area (Å²) in [4.78, 5) is 2.44. The number of rotatable bonds is 8. The highest BCUT2D eigenvalue weighted by Gasteiger charge is 2.21. The standard InChI is InChI=1S/C16H28N2S/c1-5-13-7-9-14(10-8-13)16(11-17)18(3)15(6-2)12-19-4/h7-10,15-16H,5-6,11-12,17H2,1-4H3. The van der Waals surface area contributed by atoms with Crippen molar-refractivity contribution < 1.29 is 0 Å². The van der Waals surface area contributed by atoms with Crippen molar-refractivity contribution in [1.82, 2.24) is 4.90 Å². The molecule has 1 aromatic carbocycles. The minimum absolute atomic E-state index is 0.322. The molecule has 2 N–H and O–H groups in total. The molecule has 0 bridgehead atoms. The zero-order chi connectivity index (χ0) is 14.3. The van der Waals surface area contributed by atoms with E-state index in [4.69, 9.17) is 5.73 Å². The fraction of sp³-hybridized carbons (Fsp3) is 0.625. The Bertz CT molecular complexity index is 350. The van der Waals surface area contributed by atoms with E-state index in [0.29, 0.717) is 18.6 Å². The van der Waals surface area contributed by atoms with Gasteiger partial charge in [0.2, 0.25) is 0 Å². The predicted molar refractivity (Wildman–Crippen MR) is 87.8 cm³/mol. The van der Waals surface area contributed by atoms with Crippen LogP contribution in [0.25, 0.3) is 0 Å². The second-order valence-corrected chi connectivity index (χ2v) is 5.94. The molecular weight excluding hydrogens is 252 g/mol. The highest BCUT2D eigenvalue weighted by atomic mass is 32.2. The molecule has 1 rings (SSSR count). The smallest absolute Gasteiger partial charge is 0.0470 e. The molecule has 0 aliphatic carbocycles. The van der Waals surface area contributed by atoms with E-state index in [-0.39, 0.29) is 0 Å². The van der Waals surface area contributed by atoms with Gasteiger partial charge in [-0.1, -0.05) is 38.1 Å². The minimum atomic E-state index is 0.322. The Morgan fingerprint density at radius 1 is 1.21 bits per heavy atom. The Morgan fingerprint density at radius 3 is 2.26 bits per heavy atom. The molecule has 0 aliphatic heterocycles. The van der Waals surface area contributed by atoms with Gasteiger partial charge in [-0.25, -0.2) is 0 Å². The molecule has 0 amide bonds. The van der Waals surface area contributed by atoms with E-state index in [2.05, 4.69) is 56.3 Å². The molecular formula is C16H28N2S. The van der Waals surface area contributed by atoms with Gasteiger partial charge >= 0.3 is 0 Å². The van der Waals surface area contributed by atoms with Crippen molar-refractivity contribution in [2.24, 2.45) is 5.73 Å². The number of thioether (sulfide) groups is 1. The van der Waals surface area contributed by atoms with Crippen LogP contribution in [-0.4, -0.2) is 36.5 Å². The highest BCUT2D eigenvalue weighted by Crippen LogP contribution is 2.23. The number of hydrogen-bond acceptors (Lipinski definition) is 3. The lowest BCUT2D eigenvalue weighted by atomic mass is 10.0. The van der Waals surface area contributed by atoms with Gasteiger partial charge in [-0.3, -0.25) is 4.90 Å². The SMILES string of the molecule is CCc1ccc(C(CN)N(C)C(CC)CSC)cc1. The molecule has 0 aliphatic rings. The van der Waals surface area contributed by atoms with Gasteiger partial charge in [0.15, 0.2) is 0 Å². The number of benzene rings is 1. The summed E-state index contributed by atoms with van der Waals surface area (Å²) in [6.07, 6.45) is 4.43. The Labute approximate surface area is 122 Å². The van der Waals surface area contributed by atoms with Crippen LogP contribution in [0.15, 0.2) is 24.3 Å². The Morgan fingerprint density at radius 2 is 1.84 bits per heavy atom. The van der Waals surface area contributed by atoms with Crippen LogP contribution >= 0.6 is 11.8 Å². The van der Waals surface area contributed by atoms with E-state index in [1.54, 1.807) is 0 Å². The molecule has 0 saturated carbocycles. The molecule has 108 valence electrons. The number of aryl methyl sites for hydroxylation is 1. The van der Waals surface area contributed by atoms with Crippen molar-refractivity contribution in [3.8, 4) is 0 Å². The lowest BCUT2D eigenvalue weighted by Crippen LogP contribution is -2.39. The summed E-state index contributed by atoms with van der Waals surface area (Å²) < 4.78 is 0. The van der Waals surface area contributed by atoms with Crippen molar-refractivity contribution >= 4 is 11.8 Å². The number of nitrogens with two attached hydrogens (primary N) is 1. The fourth-order valence-corrected chi connectivity index (χ4v) is 3.34. The summed E-state index contributed by atoms with van der Waals surface area (Å²) in [6.45, 7) is 5.12. The summed E-state index contributed by atoms with van der Waals surface area (Å²) in [7, 11) is 2.20. The van der Waals surface area contributed by atoms with Crippen molar-refractivity contribution in [3.63, 3.8) is 0 Å². The van der Waals surface area contributed by atoms with Crippen LogP contribution in [0.3, 0.4) is 0 Å². The zero-order valence-electron chi connectivity index (χ0n) is 12.7. The lowest BCUT2D eigenvalue weighted by molar-refractivity contribution is 0.188. The topological polar surface area (TPSA) is 29.3 Å². The molecule has 0 radical (unpaired) electrons. The fourth-order valence-electron chi connectivity index (χ4n) is 2.48. The minimum Gasteiger partial charge on any atom is -0.329 e. The third kappa shape index (κ3) is 4.51. The van der Waals surface area contributed by atoms with Crippen molar-refractivity contribution in [3.05, 3.63) is 35.4 Å². The van der Waals surface area contributed by atoms with E-state index >= 15 is 0 Å². The molecule has 0 spiro atoms. The third-order valence-corrected chi connectivity index (χ3v) is 4.61. The van der Waals surface area contributed by atoms with Gasteiger partial charge < -0.3 is 5.73 Å². The quantitative estimate of drug-likeness (QED) is 0.792. The summed E-state index contributed by atoms with van der Waals surface area (Å²) in [5, 5.41) is 0. The van der Waals surface area contributed by atoms with Crippen LogP contribution in [0.5, 0.6) is 0 Å². The van der Waals surface area contributed by atoms with Crippen LogP contribution in [0.2, 0.25) is 0 Å². The van der Waals surface area contributed by atoms with Gasteiger partial charge in [0, 0.05) is 24.4 Å². The van der Waals surface area contributed by atoms with Crippen LogP contribution < -0.4 is 5.73 Å². The van der Waals surface area contributed by atoms with Crippen molar-refractivity contribution in [2.75, 3.05) is 25.6 Å². The Balaban J connectivity index is 2.85.